The maximum Gasteiger partial charge on any atom is 0.345 e. The maximum atomic E-state index is 14.0. The normalized spacial score (nSPS) is 13.2. The Morgan fingerprint density at radius 1 is 0.929 bits per heavy atom. The molecule has 0 bridgehead atoms. The first kappa shape index (κ1) is 31.1. The van der Waals surface area contributed by atoms with E-state index < -0.39 is 11.5 Å². The minimum Gasteiger partial charge on any atom is -0.462 e. The molecule has 42 heavy (non-hydrogen) atoms. The third-order valence-corrected chi connectivity index (χ3v) is 7.92. The van der Waals surface area contributed by atoms with E-state index in [2.05, 4.69) is 0 Å². The molecule has 2 heterocycles. The summed E-state index contributed by atoms with van der Waals surface area (Å²) in [6.45, 7) is 5.41. The van der Waals surface area contributed by atoms with Crippen molar-refractivity contribution in [1.29, 1.82) is 0 Å². The van der Waals surface area contributed by atoms with E-state index in [4.69, 9.17) is 27.9 Å². The van der Waals surface area contributed by atoms with Crippen LogP contribution < -0.4 is 10.5 Å². The van der Waals surface area contributed by atoms with Gasteiger partial charge in [0.2, 0.25) is 0 Å². The number of pyridine rings is 1. The number of amides is 1. The SMILES string of the molecule is C.CCOC(=O)c1c(N2CCN(C(=O)c3ccc(Cl)c(Cl)c3)CC2)c2cc(C)ccc2n(Cc2ccc(F)cc2)c1=O. The lowest BCUT2D eigenvalue weighted by atomic mass is 10.0. The molecule has 0 N–H and O–H groups in total. The van der Waals surface area contributed by atoms with E-state index in [9.17, 15) is 18.8 Å². The predicted molar refractivity (Wildman–Crippen MR) is 166 cm³/mol. The first-order valence-corrected chi connectivity index (χ1v) is 14.0. The second-order valence-electron chi connectivity index (χ2n) is 9.89. The van der Waals surface area contributed by atoms with Crippen molar-refractivity contribution < 1.29 is 18.7 Å². The van der Waals surface area contributed by atoms with Crippen LogP contribution in [0.4, 0.5) is 10.1 Å². The predicted octanol–water partition coefficient (Wildman–Crippen LogP) is 6.58. The number of fused-ring (bicyclic) bond motifs is 1. The third-order valence-electron chi connectivity index (χ3n) is 7.18. The van der Waals surface area contributed by atoms with E-state index in [1.807, 2.05) is 30.0 Å². The molecular weight excluding hydrogens is 580 g/mol. The van der Waals surface area contributed by atoms with Crippen LogP contribution >= 0.6 is 23.2 Å². The molecule has 0 radical (unpaired) electrons. The Bertz CT molecular complexity index is 1700. The third kappa shape index (κ3) is 6.15. The average molecular weight is 613 g/mol. The highest BCUT2D eigenvalue weighted by atomic mass is 35.5. The molecule has 220 valence electrons. The molecule has 1 aliphatic heterocycles. The van der Waals surface area contributed by atoms with Crippen LogP contribution in [0, 0.1) is 12.7 Å². The van der Waals surface area contributed by atoms with Gasteiger partial charge in [-0.05, 0) is 61.9 Å². The van der Waals surface area contributed by atoms with Crippen molar-refractivity contribution in [2.24, 2.45) is 0 Å². The molecule has 7 nitrogen and oxygen atoms in total. The first-order valence-electron chi connectivity index (χ1n) is 13.3. The molecule has 1 fully saturated rings. The number of carbonyl (C=O) groups excluding carboxylic acids is 2. The number of rotatable bonds is 6. The molecule has 1 amide bonds. The Morgan fingerprint density at radius 2 is 1.62 bits per heavy atom. The monoisotopic (exact) mass is 611 g/mol. The molecular formula is C32H32Cl2FN3O4. The van der Waals surface area contributed by atoms with Crippen LogP contribution in [0.2, 0.25) is 10.0 Å². The largest absolute Gasteiger partial charge is 0.462 e. The Morgan fingerprint density at radius 3 is 2.26 bits per heavy atom. The van der Waals surface area contributed by atoms with Gasteiger partial charge in [-0.25, -0.2) is 9.18 Å². The van der Waals surface area contributed by atoms with Crippen molar-refractivity contribution in [2.45, 2.75) is 27.8 Å². The van der Waals surface area contributed by atoms with Crippen molar-refractivity contribution in [2.75, 3.05) is 37.7 Å². The molecule has 0 atom stereocenters. The molecule has 1 saturated heterocycles. The summed E-state index contributed by atoms with van der Waals surface area (Å²) in [5.41, 5.74) is 2.68. The first-order chi connectivity index (χ1) is 19.7. The molecule has 0 unspecified atom stereocenters. The van der Waals surface area contributed by atoms with Crippen LogP contribution in [-0.4, -0.2) is 54.1 Å². The van der Waals surface area contributed by atoms with Crippen molar-refractivity contribution in [1.82, 2.24) is 9.47 Å². The number of hydrogen-bond acceptors (Lipinski definition) is 5. The van der Waals surface area contributed by atoms with Gasteiger partial charge in [-0.15, -0.1) is 0 Å². The number of anilines is 1. The topological polar surface area (TPSA) is 71.8 Å². The van der Waals surface area contributed by atoms with Crippen LogP contribution in [0.3, 0.4) is 0 Å². The zero-order valence-electron chi connectivity index (χ0n) is 22.6. The Kier molecular flexibility index (Phi) is 9.59. The lowest BCUT2D eigenvalue weighted by Crippen LogP contribution is -2.49. The average Bonchev–Trinajstić information content (AvgIpc) is 2.96. The van der Waals surface area contributed by atoms with Crippen LogP contribution in [0.15, 0.2) is 65.5 Å². The summed E-state index contributed by atoms with van der Waals surface area (Å²) in [5.74, 6) is -1.26. The summed E-state index contributed by atoms with van der Waals surface area (Å²) in [4.78, 5) is 44.2. The van der Waals surface area contributed by atoms with Gasteiger partial charge in [0.25, 0.3) is 11.5 Å². The fourth-order valence-electron chi connectivity index (χ4n) is 5.15. The van der Waals surface area contributed by atoms with E-state index >= 15 is 0 Å². The summed E-state index contributed by atoms with van der Waals surface area (Å²) in [5, 5.41) is 1.40. The van der Waals surface area contributed by atoms with Crippen LogP contribution in [-0.2, 0) is 11.3 Å². The molecule has 0 saturated carbocycles. The second kappa shape index (κ2) is 13.0. The zero-order chi connectivity index (χ0) is 29.3. The van der Waals surface area contributed by atoms with Crippen LogP contribution in [0.1, 0.15) is 46.2 Å². The Labute approximate surface area is 254 Å². The molecule has 1 aromatic heterocycles. The minimum atomic E-state index is -0.710. The van der Waals surface area contributed by atoms with Crippen molar-refractivity contribution >= 4 is 51.7 Å². The number of nitrogens with zero attached hydrogens (tertiary/aromatic N) is 3. The van der Waals surface area contributed by atoms with E-state index in [-0.39, 0.29) is 37.9 Å². The Hall–Kier alpha value is -3.88. The van der Waals surface area contributed by atoms with Crippen molar-refractivity contribution in [3.8, 4) is 0 Å². The molecule has 10 heteroatoms. The van der Waals surface area contributed by atoms with Gasteiger partial charge in [-0.1, -0.05) is 54.4 Å². The van der Waals surface area contributed by atoms with Crippen molar-refractivity contribution in [3.05, 3.63) is 109 Å². The second-order valence-corrected chi connectivity index (χ2v) is 10.7. The lowest BCUT2D eigenvalue weighted by Gasteiger charge is -2.37. The highest BCUT2D eigenvalue weighted by molar-refractivity contribution is 6.42. The van der Waals surface area contributed by atoms with Gasteiger partial charge in [0.05, 0.1) is 34.4 Å². The van der Waals surface area contributed by atoms with E-state index in [1.165, 1.54) is 16.7 Å². The summed E-state index contributed by atoms with van der Waals surface area (Å²) >= 11 is 12.1. The standard InChI is InChI=1S/C31H28Cl2FN3O4.CH4/c1-3-41-31(40)27-28(35-12-14-36(15-13-35)29(38)21-7-10-24(32)25(33)17-21)23-16-19(2)4-11-26(23)37(30(27)39)18-20-5-8-22(34)9-6-20;/h4-11,16-17H,3,12-15,18H2,1-2H3;1H4. The van der Waals surface area contributed by atoms with E-state index in [0.29, 0.717) is 58.6 Å². The fraction of sp³-hybridized carbons (Fsp3) is 0.281. The van der Waals surface area contributed by atoms with Crippen molar-refractivity contribution in [3.63, 3.8) is 0 Å². The summed E-state index contributed by atoms with van der Waals surface area (Å²) in [7, 11) is 0. The maximum absolute atomic E-state index is 14.0. The molecule has 0 aliphatic carbocycles. The highest BCUT2D eigenvalue weighted by Crippen LogP contribution is 2.32. The van der Waals surface area contributed by atoms with Gasteiger partial charge in [-0.2, -0.15) is 0 Å². The van der Waals surface area contributed by atoms with E-state index in [1.54, 1.807) is 42.2 Å². The molecule has 1 aliphatic rings. The van der Waals surface area contributed by atoms with Crippen LogP contribution in [0.25, 0.3) is 10.9 Å². The van der Waals surface area contributed by atoms with Gasteiger partial charge in [0, 0.05) is 37.1 Å². The van der Waals surface area contributed by atoms with E-state index in [0.717, 1.165) is 10.9 Å². The van der Waals surface area contributed by atoms with Crippen LogP contribution in [0.5, 0.6) is 0 Å². The highest BCUT2D eigenvalue weighted by Gasteiger charge is 2.30. The minimum absolute atomic E-state index is 0. The Balaban J connectivity index is 0.00000405. The number of aryl methyl sites for hydroxylation is 1. The number of ether oxygens (including phenoxy) is 1. The molecule has 3 aromatic carbocycles. The summed E-state index contributed by atoms with van der Waals surface area (Å²) < 4.78 is 20.4. The number of halogens is 3. The number of esters is 1. The van der Waals surface area contributed by atoms with Gasteiger partial charge in [-0.3, -0.25) is 9.59 Å². The number of aromatic nitrogens is 1. The van der Waals surface area contributed by atoms with Gasteiger partial charge >= 0.3 is 5.97 Å². The van der Waals surface area contributed by atoms with Gasteiger partial charge in [0.15, 0.2) is 0 Å². The lowest BCUT2D eigenvalue weighted by molar-refractivity contribution is 0.0523. The molecule has 4 aromatic rings. The number of hydrogen-bond donors (Lipinski definition) is 0. The van der Waals surface area contributed by atoms with Gasteiger partial charge < -0.3 is 19.1 Å². The quantitative estimate of drug-likeness (QED) is 0.230. The number of benzene rings is 3. The summed E-state index contributed by atoms with van der Waals surface area (Å²) in [6, 6.07) is 16.4. The number of piperazine rings is 1. The molecule has 5 rings (SSSR count). The zero-order valence-corrected chi connectivity index (χ0v) is 24.1. The van der Waals surface area contributed by atoms with Gasteiger partial charge in [0.1, 0.15) is 11.4 Å². The molecule has 0 spiro atoms. The number of carbonyl (C=O) groups is 2. The summed E-state index contributed by atoms with van der Waals surface area (Å²) in [6.07, 6.45) is 0. The fourth-order valence-corrected chi connectivity index (χ4v) is 5.44. The smallest absolute Gasteiger partial charge is 0.345 e.